The fourth-order valence-electron chi connectivity index (χ4n) is 1.49. The van der Waals surface area contributed by atoms with Gasteiger partial charge in [-0.1, -0.05) is 31.3 Å². The van der Waals surface area contributed by atoms with E-state index in [9.17, 15) is 0 Å². The van der Waals surface area contributed by atoms with Crippen LogP contribution in [-0.2, 0) is 0 Å². The Labute approximate surface area is 65.3 Å². The molecule has 0 saturated heterocycles. The zero-order valence-electron chi connectivity index (χ0n) is 7.23. The summed E-state index contributed by atoms with van der Waals surface area (Å²) < 4.78 is 0. The van der Waals surface area contributed by atoms with E-state index < -0.39 is 8.80 Å². The van der Waals surface area contributed by atoms with Crippen molar-refractivity contribution in [1.29, 1.82) is 0 Å². The third-order valence-electron chi connectivity index (χ3n) is 1.93. The van der Waals surface area contributed by atoms with Crippen LogP contribution in [0.15, 0.2) is 16.8 Å². The molecule has 0 nitrogen and oxygen atoms in total. The third-order valence-corrected chi connectivity index (χ3v) is 3.80. The molecule has 0 bridgehead atoms. The molecule has 1 atom stereocenters. The Morgan fingerprint density at radius 3 is 2.30 bits per heavy atom. The minimum Gasteiger partial charge on any atom is -0.0781 e. The zero-order chi connectivity index (χ0) is 7.72. The minimum atomic E-state index is -0.558. The first-order chi connectivity index (χ1) is 4.61. The Kier molecular flexibility index (Phi) is 2.14. The van der Waals surface area contributed by atoms with Gasteiger partial charge >= 0.3 is 0 Å². The van der Waals surface area contributed by atoms with E-state index in [-0.39, 0.29) is 0 Å². The maximum absolute atomic E-state index is 3.41. The summed E-state index contributed by atoms with van der Waals surface area (Å²) in [5.41, 5.74) is 1.41. The lowest BCUT2D eigenvalue weighted by Crippen LogP contribution is -2.04. The molecule has 0 amide bonds. The molecule has 0 fully saturated rings. The lowest BCUT2D eigenvalue weighted by molar-refractivity contribution is 0.924. The second kappa shape index (κ2) is 2.75. The normalized spacial score (nSPS) is 25.1. The van der Waals surface area contributed by atoms with Crippen LogP contribution in [0.1, 0.15) is 13.8 Å². The van der Waals surface area contributed by atoms with E-state index in [2.05, 4.69) is 39.1 Å². The molecule has 0 aromatic heterocycles. The van der Waals surface area contributed by atoms with Crippen LogP contribution >= 0.6 is 0 Å². The monoisotopic (exact) mass is 151 g/mol. The lowest BCUT2D eigenvalue weighted by atomic mass is 10.2. The van der Waals surface area contributed by atoms with Crippen LogP contribution in [0.25, 0.3) is 0 Å². The maximum atomic E-state index is 3.41. The molecule has 0 spiro atoms. The fourth-order valence-corrected chi connectivity index (χ4v) is 3.11. The molecule has 1 unspecified atom stereocenters. The molecule has 0 saturated carbocycles. The average Bonchev–Trinajstić information content (AvgIpc) is 2.10. The minimum absolute atomic E-state index is 0.558. The Morgan fingerprint density at radius 1 is 1.50 bits per heavy atom. The second-order valence-corrected chi connectivity index (χ2v) is 6.27. The van der Waals surface area contributed by atoms with Crippen molar-refractivity contribution >= 4 is 8.80 Å². The summed E-state index contributed by atoms with van der Waals surface area (Å²) in [6.07, 6.45) is 5.77. The standard InChI is InChI=1S/C9H15Si/c1-7-5-8(2)9(6-7)10(3)4/h6-7,10H,1-4H3. The van der Waals surface area contributed by atoms with Crippen LogP contribution in [0, 0.1) is 12.0 Å². The van der Waals surface area contributed by atoms with Crippen LogP contribution in [0.4, 0.5) is 0 Å². The molecule has 0 aromatic rings. The maximum Gasteiger partial charge on any atom is 0.0647 e. The van der Waals surface area contributed by atoms with Crippen LogP contribution < -0.4 is 0 Å². The molecule has 0 heterocycles. The first-order valence-electron chi connectivity index (χ1n) is 3.93. The number of hydrogen-bond acceptors (Lipinski definition) is 0. The molecule has 1 rings (SSSR count). The number of rotatable bonds is 1. The zero-order valence-corrected chi connectivity index (χ0v) is 8.39. The van der Waals surface area contributed by atoms with Gasteiger partial charge in [0.15, 0.2) is 0 Å². The van der Waals surface area contributed by atoms with Crippen LogP contribution in [0.5, 0.6) is 0 Å². The SMILES string of the molecule is CC1=[C]C(C)C=C1[SiH](C)C. The quantitative estimate of drug-likeness (QED) is 0.505. The van der Waals surface area contributed by atoms with E-state index in [1.807, 2.05) is 0 Å². The summed E-state index contributed by atoms with van der Waals surface area (Å²) in [6, 6.07) is 0. The molecule has 1 aliphatic rings. The Morgan fingerprint density at radius 2 is 2.10 bits per heavy atom. The van der Waals surface area contributed by atoms with Gasteiger partial charge in [0.2, 0.25) is 0 Å². The van der Waals surface area contributed by atoms with E-state index >= 15 is 0 Å². The molecule has 1 radical (unpaired) electrons. The van der Waals surface area contributed by atoms with Gasteiger partial charge in [0.1, 0.15) is 0 Å². The van der Waals surface area contributed by atoms with Crippen LogP contribution in [-0.4, -0.2) is 8.80 Å². The summed E-state index contributed by atoms with van der Waals surface area (Å²) in [7, 11) is -0.558. The Balaban J connectivity index is 2.80. The molecular formula is C9H15Si. The Hall–Kier alpha value is -0.303. The third kappa shape index (κ3) is 1.40. The highest BCUT2D eigenvalue weighted by Crippen LogP contribution is 2.23. The van der Waals surface area contributed by atoms with Crippen molar-refractivity contribution in [3.05, 3.63) is 22.9 Å². The summed E-state index contributed by atoms with van der Waals surface area (Å²) >= 11 is 0. The van der Waals surface area contributed by atoms with Crippen LogP contribution in [0.3, 0.4) is 0 Å². The van der Waals surface area contributed by atoms with E-state index in [1.165, 1.54) is 5.57 Å². The fraction of sp³-hybridized carbons (Fsp3) is 0.556. The van der Waals surface area contributed by atoms with Gasteiger partial charge in [-0.2, -0.15) is 0 Å². The molecule has 55 valence electrons. The van der Waals surface area contributed by atoms with Crippen molar-refractivity contribution in [2.24, 2.45) is 5.92 Å². The lowest BCUT2D eigenvalue weighted by Gasteiger charge is -2.04. The van der Waals surface area contributed by atoms with Crippen molar-refractivity contribution in [3.8, 4) is 0 Å². The predicted octanol–water partition coefficient (Wildman–Crippen LogP) is 2.34. The second-order valence-electron chi connectivity index (χ2n) is 3.33. The summed E-state index contributed by atoms with van der Waals surface area (Å²) in [5, 5.41) is 1.62. The Bertz CT molecular complexity index is 187. The van der Waals surface area contributed by atoms with Crippen molar-refractivity contribution < 1.29 is 0 Å². The molecule has 0 N–H and O–H groups in total. The average molecular weight is 151 g/mol. The van der Waals surface area contributed by atoms with Gasteiger partial charge in [-0.25, -0.2) is 0 Å². The summed E-state index contributed by atoms with van der Waals surface area (Å²) in [5.74, 6) is 0.574. The van der Waals surface area contributed by atoms with Crippen molar-refractivity contribution in [2.45, 2.75) is 26.9 Å². The summed E-state index contributed by atoms with van der Waals surface area (Å²) in [4.78, 5) is 0. The largest absolute Gasteiger partial charge is 0.0781 e. The highest BCUT2D eigenvalue weighted by molar-refractivity contribution is 6.65. The van der Waals surface area contributed by atoms with E-state index in [0.717, 1.165) is 0 Å². The van der Waals surface area contributed by atoms with Gasteiger partial charge in [-0.15, -0.1) is 0 Å². The summed E-state index contributed by atoms with van der Waals surface area (Å²) in [6.45, 7) is 9.12. The molecular weight excluding hydrogens is 136 g/mol. The van der Waals surface area contributed by atoms with Crippen molar-refractivity contribution in [1.82, 2.24) is 0 Å². The van der Waals surface area contributed by atoms with Gasteiger partial charge in [0, 0.05) is 0 Å². The highest BCUT2D eigenvalue weighted by atomic mass is 28.3. The van der Waals surface area contributed by atoms with Crippen molar-refractivity contribution in [2.75, 3.05) is 0 Å². The molecule has 10 heavy (non-hydrogen) atoms. The van der Waals surface area contributed by atoms with E-state index in [0.29, 0.717) is 5.92 Å². The van der Waals surface area contributed by atoms with Gasteiger partial charge in [-0.05, 0) is 24.5 Å². The van der Waals surface area contributed by atoms with E-state index in [4.69, 9.17) is 0 Å². The predicted molar refractivity (Wildman–Crippen MR) is 48.6 cm³/mol. The molecule has 0 aromatic carbocycles. The molecule has 1 aliphatic carbocycles. The van der Waals surface area contributed by atoms with Gasteiger partial charge < -0.3 is 0 Å². The highest BCUT2D eigenvalue weighted by Gasteiger charge is 2.13. The first kappa shape index (κ1) is 7.80. The molecule has 1 heteroatoms. The van der Waals surface area contributed by atoms with Crippen molar-refractivity contribution in [3.63, 3.8) is 0 Å². The van der Waals surface area contributed by atoms with Crippen LogP contribution in [0.2, 0.25) is 13.1 Å². The van der Waals surface area contributed by atoms with Gasteiger partial charge in [0.05, 0.1) is 8.80 Å². The van der Waals surface area contributed by atoms with E-state index in [1.54, 1.807) is 5.20 Å². The van der Waals surface area contributed by atoms with Gasteiger partial charge in [0.25, 0.3) is 0 Å². The van der Waals surface area contributed by atoms with Gasteiger partial charge in [-0.3, -0.25) is 0 Å². The molecule has 0 aliphatic heterocycles. The number of allylic oxidation sites excluding steroid dienone is 4. The topological polar surface area (TPSA) is 0 Å². The first-order valence-corrected chi connectivity index (χ1v) is 6.82. The smallest absolute Gasteiger partial charge is 0.0647 e. The number of hydrogen-bond donors (Lipinski definition) is 0.